The quantitative estimate of drug-likeness (QED) is 0.498. The summed E-state index contributed by atoms with van der Waals surface area (Å²) in [7, 11) is 0. The maximum atomic E-state index is 12.5. The van der Waals surface area contributed by atoms with E-state index in [4.69, 9.17) is 4.74 Å². The molecule has 0 spiro atoms. The van der Waals surface area contributed by atoms with E-state index in [1.807, 2.05) is 0 Å². The molecule has 0 atom stereocenters. The molecule has 2 aromatic carbocycles. The Morgan fingerprint density at radius 2 is 1.80 bits per heavy atom. The third-order valence-corrected chi connectivity index (χ3v) is 5.14. The van der Waals surface area contributed by atoms with E-state index in [1.165, 1.54) is 0 Å². The molecule has 1 amide bonds. The van der Waals surface area contributed by atoms with Gasteiger partial charge < -0.3 is 14.6 Å². The Morgan fingerprint density at radius 1 is 1.03 bits per heavy atom. The third-order valence-electron chi connectivity index (χ3n) is 5.14. The van der Waals surface area contributed by atoms with Crippen molar-refractivity contribution in [2.45, 2.75) is 25.8 Å². The molecule has 1 saturated heterocycles. The zero-order valence-corrected chi connectivity index (χ0v) is 16.3. The molecule has 30 heavy (non-hydrogen) atoms. The number of anilines is 1. The van der Waals surface area contributed by atoms with Gasteiger partial charge in [0.2, 0.25) is 5.91 Å². The largest absolute Gasteiger partial charge is 0.462 e. The highest BCUT2D eigenvalue weighted by atomic mass is 16.5. The molecular weight excluding hydrogens is 386 g/mol. The molecule has 0 radical (unpaired) electrons. The Morgan fingerprint density at radius 3 is 2.53 bits per heavy atom. The summed E-state index contributed by atoms with van der Waals surface area (Å²) >= 11 is 0. The average Bonchev–Trinajstić information content (AvgIpc) is 3.19. The SMILES string of the molecule is O=C(OCCCn1c(=O)[nH]c2ccccc2c1=O)c1ccc(N2CCCC2=O)cc1. The van der Waals surface area contributed by atoms with Gasteiger partial charge in [0.1, 0.15) is 0 Å². The Bertz CT molecular complexity index is 1210. The van der Waals surface area contributed by atoms with E-state index in [1.54, 1.807) is 53.4 Å². The summed E-state index contributed by atoms with van der Waals surface area (Å²) in [6.07, 6.45) is 1.71. The number of para-hydroxylation sites is 1. The van der Waals surface area contributed by atoms with Crippen LogP contribution in [-0.2, 0) is 16.1 Å². The molecule has 1 aromatic heterocycles. The van der Waals surface area contributed by atoms with Crippen molar-refractivity contribution in [2.75, 3.05) is 18.1 Å². The second-order valence-corrected chi connectivity index (χ2v) is 7.12. The van der Waals surface area contributed by atoms with Gasteiger partial charge in [-0.2, -0.15) is 0 Å². The number of fused-ring (bicyclic) bond motifs is 1. The van der Waals surface area contributed by atoms with Crippen molar-refractivity contribution >= 4 is 28.5 Å². The average molecular weight is 407 g/mol. The number of esters is 1. The molecule has 0 unspecified atom stereocenters. The van der Waals surface area contributed by atoms with Crippen LogP contribution in [0, 0.1) is 0 Å². The fourth-order valence-electron chi connectivity index (χ4n) is 3.57. The molecule has 0 saturated carbocycles. The van der Waals surface area contributed by atoms with Gasteiger partial charge in [0.15, 0.2) is 0 Å². The molecule has 0 bridgehead atoms. The van der Waals surface area contributed by atoms with Crippen molar-refractivity contribution in [1.82, 2.24) is 9.55 Å². The van der Waals surface area contributed by atoms with Gasteiger partial charge in [-0.05, 0) is 49.2 Å². The van der Waals surface area contributed by atoms with Gasteiger partial charge in [0, 0.05) is 25.2 Å². The lowest BCUT2D eigenvalue weighted by Crippen LogP contribution is -2.35. The minimum atomic E-state index is -0.492. The molecule has 1 N–H and O–H groups in total. The van der Waals surface area contributed by atoms with Crippen LogP contribution in [-0.4, -0.2) is 34.6 Å². The summed E-state index contributed by atoms with van der Waals surface area (Å²) in [4.78, 5) is 53.0. The predicted molar refractivity (Wildman–Crippen MR) is 112 cm³/mol. The molecular formula is C22H21N3O5. The van der Waals surface area contributed by atoms with E-state index in [0.717, 1.165) is 16.7 Å². The van der Waals surface area contributed by atoms with Gasteiger partial charge >= 0.3 is 11.7 Å². The van der Waals surface area contributed by atoms with Crippen LogP contribution in [0.3, 0.4) is 0 Å². The van der Waals surface area contributed by atoms with Crippen molar-refractivity contribution in [3.8, 4) is 0 Å². The van der Waals surface area contributed by atoms with Gasteiger partial charge in [-0.25, -0.2) is 9.59 Å². The molecule has 4 rings (SSSR count). The number of hydrogen-bond acceptors (Lipinski definition) is 5. The van der Waals surface area contributed by atoms with Crippen LogP contribution < -0.4 is 16.1 Å². The van der Waals surface area contributed by atoms with Crippen LogP contribution in [0.4, 0.5) is 5.69 Å². The summed E-state index contributed by atoms with van der Waals surface area (Å²) in [6.45, 7) is 0.905. The van der Waals surface area contributed by atoms with Crippen molar-refractivity contribution in [3.63, 3.8) is 0 Å². The molecule has 3 aromatic rings. The van der Waals surface area contributed by atoms with Crippen LogP contribution in [0.25, 0.3) is 10.9 Å². The second kappa shape index (κ2) is 8.36. The van der Waals surface area contributed by atoms with Crippen LogP contribution >= 0.6 is 0 Å². The van der Waals surface area contributed by atoms with Crippen molar-refractivity contribution < 1.29 is 14.3 Å². The number of aromatic nitrogens is 2. The molecule has 1 aliphatic rings. The summed E-state index contributed by atoms with van der Waals surface area (Å²) in [5.74, 6) is -0.404. The Labute approximate surface area is 171 Å². The molecule has 1 aliphatic heterocycles. The van der Waals surface area contributed by atoms with E-state index in [2.05, 4.69) is 4.98 Å². The Hall–Kier alpha value is -3.68. The monoisotopic (exact) mass is 407 g/mol. The molecule has 1 fully saturated rings. The molecule has 8 heteroatoms. The van der Waals surface area contributed by atoms with E-state index < -0.39 is 11.7 Å². The highest BCUT2D eigenvalue weighted by Gasteiger charge is 2.21. The topological polar surface area (TPSA) is 101 Å². The predicted octanol–water partition coefficient (Wildman–Crippen LogP) is 2.06. The number of carbonyl (C=O) groups is 2. The first kappa shape index (κ1) is 19.6. The van der Waals surface area contributed by atoms with E-state index in [9.17, 15) is 19.2 Å². The zero-order valence-electron chi connectivity index (χ0n) is 16.3. The lowest BCUT2D eigenvalue weighted by molar-refractivity contribution is -0.117. The number of H-pyrrole nitrogens is 1. The van der Waals surface area contributed by atoms with E-state index in [0.29, 0.717) is 35.9 Å². The van der Waals surface area contributed by atoms with Crippen molar-refractivity contribution in [2.24, 2.45) is 0 Å². The van der Waals surface area contributed by atoms with Crippen LogP contribution in [0.2, 0.25) is 0 Å². The van der Waals surface area contributed by atoms with Crippen LogP contribution in [0.15, 0.2) is 58.1 Å². The van der Waals surface area contributed by atoms with Crippen molar-refractivity contribution in [1.29, 1.82) is 0 Å². The number of hydrogen-bond donors (Lipinski definition) is 1. The van der Waals surface area contributed by atoms with Gasteiger partial charge in [-0.3, -0.25) is 14.2 Å². The lowest BCUT2D eigenvalue weighted by Gasteiger charge is -2.15. The highest BCUT2D eigenvalue weighted by Crippen LogP contribution is 2.21. The molecule has 8 nitrogen and oxygen atoms in total. The Kier molecular flexibility index (Phi) is 5.47. The number of nitrogens with one attached hydrogen (secondary N) is 1. The van der Waals surface area contributed by atoms with Crippen LogP contribution in [0.5, 0.6) is 0 Å². The normalized spacial score (nSPS) is 13.7. The molecule has 0 aliphatic carbocycles. The smallest absolute Gasteiger partial charge is 0.338 e. The van der Waals surface area contributed by atoms with E-state index >= 15 is 0 Å². The van der Waals surface area contributed by atoms with Crippen molar-refractivity contribution in [3.05, 3.63) is 74.9 Å². The number of nitrogens with zero attached hydrogens (tertiary/aromatic N) is 2. The standard InChI is InChI=1S/C22H21N3O5/c26-19-7-3-12-24(19)16-10-8-15(9-11-16)21(28)30-14-4-13-25-20(27)17-5-1-2-6-18(17)23-22(25)29/h1-2,5-6,8-11H,3-4,7,12-14H2,(H,23,29). The minimum absolute atomic E-state index is 0.0733. The second-order valence-electron chi connectivity index (χ2n) is 7.12. The fraction of sp³-hybridized carbons (Fsp3) is 0.273. The number of aromatic amines is 1. The maximum Gasteiger partial charge on any atom is 0.338 e. The number of carbonyl (C=O) groups excluding carboxylic acids is 2. The molecule has 2 heterocycles. The summed E-state index contributed by atoms with van der Waals surface area (Å²) in [5.41, 5.74) is 0.786. The van der Waals surface area contributed by atoms with Gasteiger partial charge in [-0.1, -0.05) is 12.1 Å². The lowest BCUT2D eigenvalue weighted by atomic mass is 10.2. The summed E-state index contributed by atoms with van der Waals surface area (Å²) in [5, 5.41) is 0.436. The number of rotatable bonds is 6. The fourth-order valence-corrected chi connectivity index (χ4v) is 3.57. The maximum absolute atomic E-state index is 12.5. The first-order valence-corrected chi connectivity index (χ1v) is 9.84. The number of benzene rings is 2. The van der Waals surface area contributed by atoms with E-state index in [-0.39, 0.29) is 24.6 Å². The zero-order chi connectivity index (χ0) is 21.1. The highest BCUT2D eigenvalue weighted by molar-refractivity contribution is 5.96. The summed E-state index contributed by atoms with van der Waals surface area (Å²) < 4.78 is 6.37. The molecule has 154 valence electrons. The first-order chi connectivity index (χ1) is 14.5. The third kappa shape index (κ3) is 3.89. The van der Waals surface area contributed by atoms with Crippen LogP contribution in [0.1, 0.15) is 29.6 Å². The first-order valence-electron chi connectivity index (χ1n) is 9.84. The Balaban J connectivity index is 1.34. The van der Waals surface area contributed by atoms with Gasteiger partial charge in [-0.15, -0.1) is 0 Å². The van der Waals surface area contributed by atoms with Gasteiger partial charge in [0.25, 0.3) is 5.56 Å². The number of ether oxygens (including phenoxy) is 1. The number of amides is 1. The minimum Gasteiger partial charge on any atom is -0.462 e. The van der Waals surface area contributed by atoms with Gasteiger partial charge in [0.05, 0.1) is 23.1 Å². The summed E-state index contributed by atoms with van der Waals surface area (Å²) in [6, 6.07) is 13.5.